The molecule has 0 saturated carbocycles. The number of hydrogen-bond acceptors (Lipinski definition) is 4. The first-order valence-electron chi connectivity index (χ1n) is 8.02. The number of nitrogens with one attached hydrogen (secondary N) is 2. The van der Waals surface area contributed by atoms with Crippen LogP contribution in [0.15, 0.2) is 66.7 Å². The summed E-state index contributed by atoms with van der Waals surface area (Å²) in [5.74, 6) is 0. The molecule has 2 N–H and O–H groups in total. The SMILES string of the molecule is COC(=O)Nc1cccc2c(NC(=O)OCc3ccccc3)cccc12. The molecule has 0 aliphatic heterocycles. The lowest BCUT2D eigenvalue weighted by Gasteiger charge is -2.12. The van der Waals surface area contributed by atoms with Crippen LogP contribution >= 0.6 is 0 Å². The van der Waals surface area contributed by atoms with E-state index in [-0.39, 0.29) is 6.61 Å². The second-order valence-electron chi connectivity index (χ2n) is 5.51. The highest BCUT2D eigenvalue weighted by atomic mass is 16.5. The maximum atomic E-state index is 12.1. The maximum Gasteiger partial charge on any atom is 0.411 e. The molecule has 0 atom stereocenters. The molecule has 0 spiro atoms. The van der Waals surface area contributed by atoms with E-state index in [1.54, 1.807) is 24.3 Å². The second-order valence-corrected chi connectivity index (χ2v) is 5.51. The van der Waals surface area contributed by atoms with Crippen molar-refractivity contribution >= 4 is 34.3 Å². The summed E-state index contributed by atoms with van der Waals surface area (Å²) in [6.07, 6.45) is -1.11. The van der Waals surface area contributed by atoms with Gasteiger partial charge in [-0.15, -0.1) is 0 Å². The number of amides is 2. The van der Waals surface area contributed by atoms with E-state index in [0.29, 0.717) is 11.4 Å². The third kappa shape index (κ3) is 4.10. The van der Waals surface area contributed by atoms with Crippen molar-refractivity contribution in [2.75, 3.05) is 17.7 Å². The van der Waals surface area contributed by atoms with Crippen molar-refractivity contribution in [1.82, 2.24) is 0 Å². The van der Waals surface area contributed by atoms with Gasteiger partial charge in [0.1, 0.15) is 6.61 Å². The van der Waals surface area contributed by atoms with Crippen molar-refractivity contribution in [3.05, 3.63) is 72.3 Å². The van der Waals surface area contributed by atoms with Gasteiger partial charge in [-0.1, -0.05) is 54.6 Å². The Hall–Kier alpha value is -3.54. The number of carbonyl (C=O) groups excluding carboxylic acids is 2. The first kappa shape index (κ1) is 17.3. The molecular weight excluding hydrogens is 332 g/mol. The zero-order valence-electron chi connectivity index (χ0n) is 14.2. The molecule has 0 aromatic heterocycles. The molecule has 0 unspecified atom stereocenters. The summed E-state index contributed by atoms with van der Waals surface area (Å²) in [7, 11) is 1.30. The van der Waals surface area contributed by atoms with Crippen LogP contribution in [0, 0.1) is 0 Å². The molecule has 0 radical (unpaired) electrons. The average molecular weight is 350 g/mol. The lowest BCUT2D eigenvalue weighted by molar-refractivity contribution is 0.155. The molecule has 132 valence electrons. The summed E-state index contributed by atoms with van der Waals surface area (Å²) in [6.45, 7) is 0.187. The Bertz CT molecular complexity index is 926. The van der Waals surface area contributed by atoms with Gasteiger partial charge in [-0.05, 0) is 17.7 Å². The highest BCUT2D eigenvalue weighted by molar-refractivity contribution is 6.07. The molecule has 0 saturated heterocycles. The first-order valence-corrected chi connectivity index (χ1v) is 8.02. The van der Waals surface area contributed by atoms with Gasteiger partial charge in [0.15, 0.2) is 0 Å². The number of rotatable bonds is 4. The molecule has 3 aromatic rings. The molecule has 26 heavy (non-hydrogen) atoms. The predicted octanol–water partition coefficient (Wildman–Crippen LogP) is 4.77. The van der Waals surface area contributed by atoms with Gasteiger partial charge in [0.05, 0.1) is 18.5 Å². The Morgan fingerprint density at radius 2 is 1.35 bits per heavy atom. The molecule has 3 aromatic carbocycles. The van der Waals surface area contributed by atoms with Crippen LogP contribution < -0.4 is 10.6 Å². The number of fused-ring (bicyclic) bond motifs is 1. The second kappa shape index (κ2) is 8.02. The molecule has 0 bridgehead atoms. The minimum Gasteiger partial charge on any atom is -0.453 e. The van der Waals surface area contributed by atoms with E-state index in [1.165, 1.54) is 7.11 Å². The Labute approximate surface area is 150 Å². The predicted molar refractivity (Wildman–Crippen MR) is 100 cm³/mol. The van der Waals surface area contributed by atoms with Gasteiger partial charge in [-0.3, -0.25) is 10.6 Å². The van der Waals surface area contributed by atoms with Crippen molar-refractivity contribution in [1.29, 1.82) is 0 Å². The highest BCUT2D eigenvalue weighted by Crippen LogP contribution is 2.29. The van der Waals surface area contributed by atoms with Gasteiger partial charge < -0.3 is 9.47 Å². The van der Waals surface area contributed by atoms with Crippen LogP contribution in [0.3, 0.4) is 0 Å². The fourth-order valence-corrected chi connectivity index (χ4v) is 2.56. The van der Waals surface area contributed by atoms with Gasteiger partial charge >= 0.3 is 12.2 Å². The van der Waals surface area contributed by atoms with Crippen LogP contribution in [-0.2, 0) is 16.1 Å². The zero-order chi connectivity index (χ0) is 18.4. The summed E-state index contributed by atoms with van der Waals surface area (Å²) in [5.41, 5.74) is 2.09. The van der Waals surface area contributed by atoms with Crippen LogP contribution in [-0.4, -0.2) is 19.3 Å². The van der Waals surface area contributed by atoms with E-state index >= 15 is 0 Å². The lowest BCUT2D eigenvalue weighted by Crippen LogP contribution is -2.14. The molecule has 0 aliphatic carbocycles. The summed E-state index contributed by atoms with van der Waals surface area (Å²) in [6, 6.07) is 20.3. The third-order valence-corrected chi connectivity index (χ3v) is 3.79. The normalized spacial score (nSPS) is 10.2. The molecule has 0 aliphatic rings. The lowest BCUT2D eigenvalue weighted by atomic mass is 10.1. The van der Waals surface area contributed by atoms with Crippen molar-refractivity contribution in [2.45, 2.75) is 6.61 Å². The third-order valence-electron chi connectivity index (χ3n) is 3.79. The van der Waals surface area contributed by atoms with Crippen molar-refractivity contribution < 1.29 is 19.1 Å². The number of carbonyl (C=O) groups is 2. The van der Waals surface area contributed by atoms with Gasteiger partial charge in [-0.2, -0.15) is 0 Å². The quantitative estimate of drug-likeness (QED) is 0.711. The van der Waals surface area contributed by atoms with Gasteiger partial charge in [-0.25, -0.2) is 9.59 Å². The largest absolute Gasteiger partial charge is 0.453 e. The monoisotopic (exact) mass is 350 g/mol. The van der Waals surface area contributed by atoms with Crippen LogP contribution in [0.1, 0.15) is 5.56 Å². The van der Waals surface area contributed by atoms with Crippen LogP contribution in [0.4, 0.5) is 21.0 Å². The number of anilines is 2. The highest BCUT2D eigenvalue weighted by Gasteiger charge is 2.10. The molecular formula is C20H18N2O4. The smallest absolute Gasteiger partial charge is 0.411 e. The summed E-state index contributed by atoms with van der Waals surface area (Å²) >= 11 is 0. The van der Waals surface area contributed by atoms with Crippen molar-refractivity contribution in [2.24, 2.45) is 0 Å². The molecule has 6 heteroatoms. The molecule has 6 nitrogen and oxygen atoms in total. The minimum atomic E-state index is -0.557. The number of benzene rings is 3. The standard InChI is InChI=1S/C20H18N2O4/c1-25-19(23)21-17-11-5-10-16-15(17)9-6-12-18(16)22-20(24)26-13-14-7-3-2-4-8-14/h2-12H,13H2,1H3,(H,21,23)(H,22,24). The van der Waals surface area contributed by atoms with E-state index in [2.05, 4.69) is 15.4 Å². The van der Waals surface area contributed by atoms with Gasteiger partial charge in [0.2, 0.25) is 0 Å². The average Bonchev–Trinajstić information content (AvgIpc) is 2.68. The summed E-state index contributed by atoms with van der Waals surface area (Å²) < 4.78 is 9.89. The van der Waals surface area contributed by atoms with E-state index in [0.717, 1.165) is 16.3 Å². The molecule has 0 fully saturated rings. The Morgan fingerprint density at radius 3 is 1.92 bits per heavy atom. The molecule has 0 heterocycles. The fourth-order valence-electron chi connectivity index (χ4n) is 2.56. The van der Waals surface area contributed by atoms with Gasteiger partial charge in [0.25, 0.3) is 0 Å². The topological polar surface area (TPSA) is 76.7 Å². The zero-order valence-corrected chi connectivity index (χ0v) is 14.2. The van der Waals surface area contributed by atoms with Crippen molar-refractivity contribution in [3.63, 3.8) is 0 Å². The van der Waals surface area contributed by atoms with Crippen LogP contribution in [0.5, 0.6) is 0 Å². The minimum absolute atomic E-state index is 0.187. The Balaban J connectivity index is 1.76. The van der Waals surface area contributed by atoms with Gasteiger partial charge in [0, 0.05) is 10.8 Å². The van der Waals surface area contributed by atoms with E-state index in [1.807, 2.05) is 42.5 Å². The van der Waals surface area contributed by atoms with Crippen molar-refractivity contribution in [3.8, 4) is 0 Å². The Kier molecular flexibility index (Phi) is 5.34. The van der Waals surface area contributed by atoms with Crippen LogP contribution in [0.25, 0.3) is 10.8 Å². The van der Waals surface area contributed by atoms with Crippen LogP contribution in [0.2, 0.25) is 0 Å². The number of hydrogen-bond donors (Lipinski definition) is 2. The maximum absolute atomic E-state index is 12.1. The summed E-state index contributed by atoms with van der Waals surface area (Å²) in [5, 5.41) is 6.95. The molecule has 2 amide bonds. The van der Waals surface area contributed by atoms with E-state index < -0.39 is 12.2 Å². The fraction of sp³-hybridized carbons (Fsp3) is 0.100. The summed E-state index contributed by atoms with van der Waals surface area (Å²) in [4.78, 5) is 23.6. The Morgan fingerprint density at radius 1 is 0.769 bits per heavy atom. The van der Waals surface area contributed by atoms with E-state index in [4.69, 9.17) is 4.74 Å². The van der Waals surface area contributed by atoms with E-state index in [9.17, 15) is 9.59 Å². The first-order chi connectivity index (χ1) is 12.7. The molecule has 3 rings (SSSR count). The number of ether oxygens (including phenoxy) is 2. The number of methoxy groups -OCH3 is 1.